The minimum Gasteiger partial charge on any atom is -0.466 e. The fourth-order valence-electron chi connectivity index (χ4n) is 2.47. The molecule has 0 saturated heterocycles. The predicted octanol–water partition coefficient (Wildman–Crippen LogP) is 3.40. The van der Waals surface area contributed by atoms with Gasteiger partial charge in [-0.1, -0.05) is 32.4 Å². The summed E-state index contributed by atoms with van der Waals surface area (Å²) in [7, 11) is 0. The van der Waals surface area contributed by atoms with Crippen LogP contribution in [0.25, 0.3) is 0 Å². The summed E-state index contributed by atoms with van der Waals surface area (Å²) < 4.78 is 18.1. The molecule has 0 aliphatic carbocycles. The predicted molar refractivity (Wildman–Crippen MR) is 75.6 cm³/mol. The van der Waals surface area contributed by atoms with Gasteiger partial charge in [0.05, 0.1) is 12.5 Å². The van der Waals surface area contributed by atoms with E-state index in [1.807, 2.05) is 13.8 Å². The molecule has 0 radical (unpaired) electrons. The molecule has 0 bridgehead atoms. The van der Waals surface area contributed by atoms with Crippen LogP contribution < -0.4 is 0 Å². The number of hydrogen-bond acceptors (Lipinski definition) is 3. The number of aliphatic hydroxyl groups is 1. The van der Waals surface area contributed by atoms with Gasteiger partial charge in [-0.3, -0.25) is 4.79 Å². The number of benzene rings is 1. The topological polar surface area (TPSA) is 46.5 Å². The Labute approximate surface area is 119 Å². The summed E-state index contributed by atoms with van der Waals surface area (Å²) in [6.45, 7) is 5.78. The zero-order valence-electron chi connectivity index (χ0n) is 12.4. The van der Waals surface area contributed by atoms with E-state index in [2.05, 4.69) is 0 Å². The van der Waals surface area contributed by atoms with Gasteiger partial charge in [0.1, 0.15) is 11.4 Å². The van der Waals surface area contributed by atoms with Crippen LogP contribution in [0.15, 0.2) is 24.3 Å². The molecule has 1 rings (SSSR count). The van der Waals surface area contributed by atoms with Gasteiger partial charge in [-0.05, 0) is 37.5 Å². The highest BCUT2D eigenvalue weighted by atomic mass is 19.1. The molecule has 2 atom stereocenters. The van der Waals surface area contributed by atoms with E-state index in [0.29, 0.717) is 18.4 Å². The summed E-state index contributed by atoms with van der Waals surface area (Å²) in [5.41, 5.74) is -0.774. The van der Waals surface area contributed by atoms with E-state index in [-0.39, 0.29) is 12.4 Å². The first-order valence-corrected chi connectivity index (χ1v) is 7.14. The highest BCUT2D eigenvalue weighted by Crippen LogP contribution is 2.36. The molecule has 1 N–H and O–H groups in total. The van der Waals surface area contributed by atoms with Crippen molar-refractivity contribution < 1.29 is 19.0 Å². The van der Waals surface area contributed by atoms with Gasteiger partial charge in [0.15, 0.2) is 0 Å². The Morgan fingerprint density at radius 1 is 1.30 bits per heavy atom. The fourth-order valence-corrected chi connectivity index (χ4v) is 2.47. The van der Waals surface area contributed by atoms with Crippen LogP contribution in [0.3, 0.4) is 0 Å². The smallest absolute Gasteiger partial charge is 0.312 e. The molecule has 1 aromatic carbocycles. The Balaban J connectivity index is 3.15. The Bertz CT molecular complexity index is 430. The van der Waals surface area contributed by atoms with Gasteiger partial charge in [0.25, 0.3) is 0 Å². The van der Waals surface area contributed by atoms with Gasteiger partial charge in [-0.2, -0.15) is 0 Å². The second-order valence-corrected chi connectivity index (χ2v) is 4.88. The standard InChI is InChI=1S/C16H23FO3/c1-4-7-14(15(18)20-6-3)16(19,5-2)12-8-10-13(17)11-9-12/h8-11,14,19H,4-7H2,1-3H3. The van der Waals surface area contributed by atoms with Gasteiger partial charge < -0.3 is 9.84 Å². The molecule has 0 fully saturated rings. The van der Waals surface area contributed by atoms with Crippen molar-refractivity contribution in [2.24, 2.45) is 5.92 Å². The van der Waals surface area contributed by atoms with Crippen LogP contribution in [0, 0.1) is 11.7 Å². The molecule has 20 heavy (non-hydrogen) atoms. The molecule has 0 aromatic heterocycles. The number of carbonyl (C=O) groups excluding carboxylic acids is 1. The molecule has 1 aromatic rings. The van der Waals surface area contributed by atoms with E-state index in [0.717, 1.165) is 6.42 Å². The summed E-state index contributed by atoms with van der Waals surface area (Å²) in [6.07, 6.45) is 1.65. The van der Waals surface area contributed by atoms with E-state index in [1.54, 1.807) is 6.92 Å². The maximum atomic E-state index is 13.0. The Hall–Kier alpha value is -1.42. The third kappa shape index (κ3) is 3.57. The van der Waals surface area contributed by atoms with Crippen LogP contribution in [-0.2, 0) is 15.1 Å². The molecule has 0 amide bonds. The van der Waals surface area contributed by atoms with Crippen molar-refractivity contribution in [2.75, 3.05) is 6.61 Å². The monoisotopic (exact) mass is 282 g/mol. The highest BCUT2D eigenvalue weighted by molar-refractivity contribution is 5.74. The quantitative estimate of drug-likeness (QED) is 0.780. The number of hydrogen-bond donors (Lipinski definition) is 1. The molecule has 3 nitrogen and oxygen atoms in total. The first-order valence-electron chi connectivity index (χ1n) is 7.14. The molecular formula is C16H23FO3. The van der Waals surface area contributed by atoms with E-state index < -0.39 is 17.5 Å². The lowest BCUT2D eigenvalue weighted by atomic mass is 9.77. The van der Waals surface area contributed by atoms with Crippen molar-refractivity contribution in [3.8, 4) is 0 Å². The first-order chi connectivity index (χ1) is 9.49. The Morgan fingerprint density at radius 2 is 1.90 bits per heavy atom. The van der Waals surface area contributed by atoms with Crippen molar-refractivity contribution in [2.45, 2.75) is 45.6 Å². The number of carbonyl (C=O) groups is 1. The van der Waals surface area contributed by atoms with Gasteiger partial charge in [0, 0.05) is 0 Å². The van der Waals surface area contributed by atoms with Crippen molar-refractivity contribution in [1.29, 1.82) is 0 Å². The molecule has 2 unspecified atom stereocenters. The molecule has 4 heteroatoms. The third-order valence-corrected chi connectivity index (χ3v) is 3.61. The van der Waals surface area contributed by atoms with Crippen LogP contribution in [-0.4, -0.2) is 17.7 Å². The lowest BCUT2D eigenvalue weighted by Gasteiger charge is -2.34. The van der Waals surface area contributed by atoms with E-state index in [1.165, 1.54) is 24.3 Å². The number of rotatable bonds is 7. The number of halogens is 1. The lowest BCUT2D eigenvalue weighted by Crippen LogP contribution is -2.40. The SMILES string of the molecule is CCCC(C(=O)OCC)C(O)(CC)c1ccc(F)cc1. The molecule has 0 spiro atoms. The summed E-state index contributed by atoms with van der Waals surface area (Å²) in [5, 5.41) is 10.9. The van der Waals surface area contributed by atoms with Gasteiger partial charge in [-0.25, -0.2) is 4.39 Å². The fraction of sp³-hybridized carbons (Fsp3) is 0.562. The van der Waals surface area contributed by atoms with Crippen molar-refractivity contribution in [1.82, 2.24) is 0 Å². The second kappa shape index (κ2) is 7.39. The molecule has 112 valence electrons. The lowest BCUT2D eigenvalue weighted by molar-refractivity contribution is -0.160. The zero-order valence-corrected chi connectivity index (χ0v) is 12.4. The zero-order chi connectivity index (χ0) is 15.2. The van der Waals surface area contributed by atoms with Gasteiger partial charge >= 0.3 is 5.97 Å². The molecule has 0 aliphatic rings. The van der Waals surface area contributed by atoms with Crippen LogP contribution in [0.1, 0.15) is 45.6 Å². The minimum atomic E-state index is -1.32. The van der Waals surface area contributed by atoms with Crippen LogP contribution in [0.4, 0.5) is 4.39 Å². The largest absolute Gasteiger partial charge is 0.466 e. The first kappa shape index (κ1) is 16.6. The molecule has 0 aliphatic heterocycles. The van der Waals surface area contributed by atoms with Crippen LogP contribution >= 0.6 is 0 Å². The Morgan fingerprint density at radius 3 is 2.35 bits per heavy atom. The average Bonchev–Trinajstić information content (AvgIpc) is 2.45. The summed E-state index contributed by atoms with van der Waals surface area (Å²) >= 11 is 0. The Kier molecular flexibility index (Phi) is 6.14. The molecule has 0 heterocycles. The maximum absolute atomic E-state index is 13.0. The minimum absolute atomic E-state index is 0.280. The average molecular weight is 282 g/mol. The second-order valence-electron chi connectivity index (χ2n) is 4.88. The van der Waals surface area contributed by atoms with Gasteiger partial charge in [0.2, 0.25) is 0 Å². The molecule has 0 saturated carbocycles. The third-order valence-electron chi connectivity index (χ3n) is 3.61. The van der Waals surface area contributed by atoms with E-state index >= 15 is 0 Å². The van der Waals surface area contributed by atoms with Crippen molar-refractivity contribution >= 4 is 5.97 Å². The maximum Gasteiger partial charge on any atom is 0.312 e. The molecular weight excluding hydrogens is 259 g/mol. The normalized spacial score (nSPS) is 15.4. The van der Waals surface area contributed by atoms with Gasteiger partial charge in [-0.15, -0.1) is 0 Å². The van der Waals surface area contributed by atoms with E-state index in [4.69, 9.17) is 4.74 Å². The van der Waals surface area contributed by atoms with Crippen molar-refractivity contribution in [3.63, 3.8) is 0 Å². The van der Waals surface area contributed by atoms with Crippen LogP contribution in [0.5, 0.6) is 0 Å². The van der Waals surface area contributed by atoms with Crippen molar-refractivity contribution in [3.05, 3.63) is 35.6 Å². The van der Waals surface area contributed by atoms with Crippen LogP contribution in [0.2, 0.25) is 0 Å². The summed E-state index contributed by atoms with van der Waals surface area (Å²) in [6, 6.07) is 5.65. The summed E-state index contributed by atoms with van der Waals surface area (Å²) in [4.78, 5) is 12.1. The number of esters is 1. The summed E-state index contributed by atoms with van der Waals surface area (Å²) in [5.74, 6) is -1.40. The number of ether oxygens (including phenoxy) is 1. The highest BCUT2D eigenvalue weighted by Gasteiger charge is 2.41. The van der Waals surface area contributed by atoms with E-state index in [9.17, 15) is 14.3 Å².